The van der Waals surface area contributed by atoms with Gasteiger partial charge in [0.1, 0.15) is 30.6 Å². The fourth-order valence-corrected chi connectivity index (χ4v) is 2.73. The van der Waals surface area contributed by atoms with Crippen LogP contribution in [0.25, 0.3) is 22.9 Å². The van der Waals surface area contributed by atoms with Gasteiger partial charge in [-0.05, 0) is 12.1 Å². The Morgan fingerprint density at radius 3 is 2.78 bits per heavy atom. The molecule has 0 aliphatic heterocycles. The van der Waals surface area contributed by atoms with Crippen molar-refractivity contribution in [1.29, 1.82) is 0 Å². The highest BCUT2D eigenvalue weighted by Crippen LogP contribution is 2.24. The van der Waals surface area contributed by atoms with Crippen LogP contribution in [0.15, 0.2) is 64.2 Å². The van der Waals surface area contributed by atoms with E-state index in [-0.39, 0.29) is 23.7 Å². The Labute approximate surface area is 152 Å². The van der Waals surface area contributed by atoms with E-state index in [0.717, 1.165) is 4.73 Å². The van der Waals surface area contributed by atoms with Crippen molar-refractivity contribution < 1.29 is 13.8 Å². The van der Waals surface area contributed by atoms with E-state index in [1.54, 1.807) is 35.0 Å². The van der Waals surface area contributed by atoms with Crippen LogP contribution in [0.1, 0.15) is 5.56 Å². The van der Waals surface area contributed by atoms with Crippen LogP contribution in [0.4, 0.5) is 4.39 Å². The summed E-state index contributed by atoms with van der Waals surface area (Å²) >= 11 is 0. The molecule has 0 spiro atoms. The van der Waals surface area contributed by atoms with Gasteiger partial charge in [0.05, 0.1) is 12.2 Å². The molecule has 8 nitrogen and oxygen atoms in total. The molecule has 9 heteroatoms. The Bertz CT molecular complexity index is 1130. The molecule has 0 saturated heterocycles. The van der Waals surface area contributed by atoms with E-state index < -0.39 is 0 Å². The second kappa shape index (κ2) is 6.87. The molecule has 4 aromatic rings. The average Bonchev–Trinajstić information content (AvgIpc) is 3.33. The maximum Gasteiger partial charge on any atom is 0.286 e. The Hall–Kier alpha value is -3.75. The molecular formula is C18H14FN5O3. The van der Waals surface area contributed by atoms with Gasteiger partial charge in [-0.2, -0.15) is 5.10 Å². The molecule has 0 aliphatic rings. The Kier molecular flexibility index (Phi) is 4.25. The first kappa shape index (κ1) is 16.7. The van der Waals surface area contributed by atoms with Crippen molar-refractivity contribution >= 4 is 0 Å². The molecule has 0 radical (unpaired) electrons. The molecule has 0 atom stereocenters. The van der Waals surface area contributed by atoms with Crippen LogP contribution in [-0.4, -0.2) is 31.8 Å². The lowest BCUT2D eigenvalue weighted by Crippen LogP contribution is -2.26. The van der Waals surface area contributed by atoms with Gasteiger partial charge in [0.15, 0.2) is 5.82 Å². The lowest BCUT2D eigenvalue weighted by molar-refractivity contribution is 0.158. The van der Waals surface area contributed by atoms with E-state index in [9.17, 15) is 9.18 Å². The third-order valence-corrected chi connectivity index (χ3v) is 3.98. The van der Waals surface area contributed by atoms with Crippen LogP contribution < -0.4 is 10.4 Å². The van der Waals surface area contributed by atoms with Crippen molar-refractivity contribution in [3.63, 3.8) is 0 Å². The lowest BCUT2D eigenvalue weighted by atomic mass is 10.2. The summed E-state index contributed by atoms with van der Waals surface area (Å²) in [7, 11) is 1.36. The number of benzene rings is 1. The number of hydrogen-bond donors (Lipinski definition) is 0. The van der Waals surface area contributed by atoms with Gasteiger partial charge in [-0.15, -0.1) is 4.73 Å². The molecule has 4 rings (SSSR count). The van der Waals surface area contributed by atoms with E-state index in [1.807, 2.05) is 0 Å². The summed E-state index contributed by atoms with van der Waals surface area (Å²) in [5.74, 6) is -0.116. The lowest BCUT2D eigenvalue weighted by Gasteiger charge is -2.07. The van der Waals surface area contributed by atoms with Gasteiger partial charge in [0.25, 0.3) is 5.56 Å². The van der Waals surface area contributed by atoms with Crippen LogP contribution in [0.3, 0.4) is 0 Å². The first-order chi connectivity index (χ1) is 13.2. The minimum atomic E-state index is -0.380. The zero-order chi connectivity index (χ0) is 18.8. The number of hydrogen-bond acceptors (Lipinski definition) is 6. The fraction of sp³-hybridized carbons (Fsp3) is 0.111. The third kappa shape index (κ3) is 3.10. The normalized spacial score (nSPS) is 10.9. The molecule has 27 heavy (non-hydrogen) atoms. The Balaban J connectivity index is 1.85. The average molecular weight is 367 g/mol. The number of halogens is 1. The molecule has 0 amide bonds. The van der Waals surface area contributed by atoms with E-state index in [1.165, 1.54) is 31.7 Å². The SMILES string of the molecule is COn1c(-c2cc(-c3ccon3)n(Cc3ccccc3F)n2)nccc1=O. The molecular weight excluding hydrogens is 353 g/mol. The van der Waals surface area contributed by atoms with Crippen molar-refractivity contribution in [1.82, 2.24) is 24.7 Å². The summed E-state index contributed by atoms with van der Waals surface area (Å²) in [6.45, 7) is 0.166. The van der Waals surface area contributed by atoms with Crippen molar-refractivity contribution in [2.24, 2.45) is 0 Å². The molecule has 136 valence electrons. The van der Waals surface area contributed by atoms with Crippen molar-refractivity contribution in [2.75, 3.05) is 7.11 Å². The largest absolute Gasteiger partial charge is 0.412 e. The molecule has 0 saturated carbocycles. The van der Waals surface area contributed by atoms with Gasteiger partial charge in [0.2, 0.25) is 0 Å². The highest BCUT2D eigenvalue weighted by atomic mass is 19.1. The van der Waals surface area contributed by atoms with Crippen molar-refractivity contribution in [3.05, 3.63) is 76.7 Å². The van der Waals surface area contributed by atoms with Crippen LogP contribution in [-0.2, 0) is 6.54 Å². The molecule has 1 aromatic carbocycles. The minimum Gasteiger partial charge on any atom is -0.412 e. The smallest absolute Gasteiger partial charge is 0.286 e. The number of aromatic nitrogens is 5. The highest BCUT2D eigenvalue weighted by Gasteiger charge is 2.18. The van der Waals surface area contributed by atoms with Gasteiger partial charge in [-0.3, -0.25) is 9.48 Å². The molecule has 0 N–H and O–H groups in total. The van der Waals surface area contributed by atoms with Crippen LogP contribution in [0.5, 0.6) is 0 Å². The summed E-state index contributed by atoms with van der Waals surface area (Å²) in [6, 6.07) is 11.1. The zero-order valence-corrected chi connectivity index (χ0v) is 14.2. The standard InChI is InChI=1S/C18H14FN5O3/c1-26-24-17(25)6-8-20-18(24)15-10-16(14-7-9-27-22-14)23(21-15)11-12-4-2-3-5-13(12)19/h2-10H,11H2,1H3. The van der Waals surface area contributed by atoms with Gasteiger partial charge in [-0.25, -0.2) is 9.37 Å². The monoisotopic (exact) mass is 367 g/mol. The zero-order valence-electron chi connectivity index (χ0n) is 14.2. The predicted octanol–water partition coefficient (Wildman–Crippen LogP) is 2.01. The molecule has 0 bridgehead atoms. The first-order valence-electron chi connectivity index (χ1n) is 8.02. The van der Waals surface area contributed by atoms with Crippen molar-refractivity contribution in [3.8, 4) is 22.9 Å². The van der Waals surface area contributed by atoms with Gasteiger partial charge < -0.3 is 9.36 Å². The highest BCUT2D eigenvalue weighted by molar-refractivity contribution is 5.62. The summed E-state index contributed by atoms with van der Waals surface area (Å²) in [4.78, 5) is 21.3. The second-order valence-electron chi connectivity index (χ2n) is 5.63. The summed E-state index contributed by atoms with van der Waals surface area (Å²) < 4.78 is 21.6. The van der Waals surface area contributed by atoms with Crippen LogP contribution in [0, 0.1) is 5.82 Å². The van der Waals surface area contributed by atoms with Crippen molar-refractivity contribution in [2.45, 2.75) is 6.54 Å². The fourth-order valence-electron chi connectivity index (χ4n) is 2.73. The number of rotatable bonds is 5. The molecule has 0 fully saturated rings. The van der Waals surface area contributed by atoms with Gasteiger partial charge >= 0.3 is 0 Å². The summed E-state index contributed by atoms with van der Waals surface area (Å²) in [6.07, 6.45) is 2.81. The minimum absolute atomic E-state index is 0.166. The summed E-state index contributed by atoms with van der Waals surface area (Å²) in [5.41, 5.74) is 1.56. The van der Waals surface area contributed by atoms with E-state index in [0.29, 0.717) is 22.6 Å². The topological polar surface area (TPSA) is 88.0 Å². The maximum absolute atomic E-state index is 14.1. The van der Waals surface area contributed by atoms with Gasteiger partial charge in [0, 0.05) is 23.9 Å². The van der Waals surface area contributed by atoms with E-state index >= 15 is 0 Å². The van der Waals surface area contributed by atoms with Crippen LogP contribution in [0.2, 0.25) is 0 Å². The van der Waals surface area contributed by atoms with E-state index in [4.69, 9.17) is 9.36 Å². The van der Waals surface area contributed by atoms with Gasteiger partial charge in [-0.1, -0.05) is 23.4 Å². The Morgan fingerprint density at radius 2 is 2.04 bits per heavy atom. The quantitative estimate of drug-likeness (QED) is 0.536. The maximum atomic E-state index is 14.1. The Morgan fingerprint density at radius 1 is 1.19 bits per heavy atom. The molecule has 0 aliphatic carbocycles. The first-order valence-corrected chi connectivity index (χ1v) is 8.02. The molecule has 0 unspecified atom stereocenters. The predicted molar refractivity (Wildman–Crippen MR) is 93.2 cm³/mol. The third-order valence-electron chi connectivity index (χ3n) is 3.98. The second-order valence-corrected chi connectivity index (χ2v) is 5.63. The number of nitrogens with zero attached hydrogens (tertiary/aromatic N) is 5. The van der Waals surface area contributed by atoms with Crippen LogP contribution >= 0.6 is 0 Å². The van der Waals surface area contributed by atoms with E-state index in [2.05, 4.69) is 15.2 Å². The molecule has 3 aromatic heterocycles. The summed E-state index contributed by atoms with van der Waals surface area (Å²) in [5, 5.41) is 8.42. The molecule has 3 heterocycles.